The second-order valence-corrected chi connectivity index (χ2v) is 5.59. The molecule has 0 heterocycles. The molecule has 0 aliphatic heterocycles. The van der Waals surface area contributed by atoms with Crippen LogP contribution in [0.25, 0.3) is 0 Å². The van der Waals surface area contributed by atoms with E-state index in [-0.39, 0.29) is 24.8 Å². The van der Waals surface area contributed by atoms with Crippen LogP contribution >= 0.6 is 0 Å². The van der Waals surface area contributed by atoms with E-state index in [0.717, 1.165) is 25.7 Å². The van der Waals surface area contributed by atoms with Crippen molar-refractivity contribution in [3.8, 4) is 6.07 Å². The van der Waals surface area contributed by atoms with Gasteiger partial charge in [0.1, 0.15) is 12.2 Å². The van der Waals surface area contributed by atoms with Gasteiger partial charge in [0.05, 0.1) is 12.2 Å². The molecule has 1 fully saturated rings. The van der Waals surface area contributed by atoms with E-state index >= 15 is 0 Å². The largest absolute Gasteiger partial charge is 0.444 e. The molecule has 0 bridgehead atoms. The van der Waals surface area contributed by atoms with Gasteiger partial charge in [-0.3, -0.25) is 0 Å². The first kappa shape index (κ1) is 14.8. The van der Waals surface area contributed by atoms with Gasteiger partial charge in [-0.1, -0.05) is 0 Å². The lowest BCUT2D eigenvalue weighted by Crippen LogP contribution is -2.41. The fraction of sp³-hybridized carbons (Fsp3) is 0.846. The van der Waals surface area contributed by atoms with E-state index in [0.29, 0.717) is 0 Å². The van der Waals surface area contributed by atoms with Crippen molar-refractivity contribution in [3.05, 3.63) is 0 Å². The summed E-state index contributed by atoms with van der Waals surface area (Å²) in [7, 11) is 0. The summed E-state index contributed by atoms with van der Waals surface area (Å²) >= 11 is 0. The smallest absolute Gasteiger partial charge is 0.407 e. The molecule has 1 aliphatic rings. The predicted octanol–water partition coefficient (Wildman–Crippen LogP) is 2.36. The molecule has 102 valence electrons. The van der Waals surface area contributed by atoms with E-state index in [1.54, 1.807) is 0 Å². The second-order valence-electron chi connectivity index (χ2n) is 5.59. The molecule has 0 saturated heterocycles. The molecule has 0 aromatic carbocycles. The maximum Gasteiger partial charge on any atom is 0.407 e. The van der Waals surface area contributed by atoms with Crippen molar-refractivity contribution >= 4 is 6.09 Å². The third-order valence-electron chi connectivity index (χ3n) is 2.78. The van der Waals surface area contributed by atoms with Gasteiger partial charge in [-0.2, -0.15) is 5.26 Å². The van der Waals surface area contributed by atoms with Crippen molar-refractivity contribution < 1.29 is 14.3 Å². The molecule has 1 rings (SSSR count). The highest BCUT2D eigenvalue weighted by molar-refractivity contribution is 5.68. The monoisotopic (exact) mass is 254 g/mol. The van der Waals surface area contributed by atoms with Crippen LogP contribution < -0.4 is 5.32 Å². The highest BCUT2D eigenvalue weighted by Crippen LogP contribution is 2.21. The Labute approximate surface area is 108 Å². The molecule has 5 heteroatoms. The van der Waals surface area contributed by atoms with Gasteiger partial charge in [-0.05, 0) is 46.5 Å². The number of alkyl carbamates (subject to hydrolysis) is 1. The van der Waals surface area contributed by atoms with Crippen LogP contribution in [0.15, 0.2) is 0 Å². The van der Waals surface area contributed by atoms with Crippen LogP contribution in [0.3, 0.4) is 0 Å². The van der Waals surface area contributed by atoms with Gasteiger partial charge in [-0.25, -0.2) is 4.79 Å². The zero-order chi connectivity index (χ0) is 13.6. The number of hydrogen-bond acceptors (Lipinski definition) is 4. The Hall–Kier alpha value is -1.28. The SMILES string of the molecule is CC(C)(C)OC(=O)NC1CCC(OCC#N)CC1. The first-order valence-electron chi connectivity index (χ1n) is 6.39. The fourth-order valence-electron chi connectivity index (χ4n) is 2.00. The second kappa shape index (κ2) is 6.60. The van der Waals surface area contributed by atoms with Crippen LogP contribution in [0.1, 0.15) is 46.5 Å². The molecule has 0 aromatic rings. The minimum atomic E-state index is -0.461. The molecular weight excluding hydrogens is 232 g/mol. The summed E-state index contributed by atoms with van der Waals surface area (Å²) in [6.07, 6.45) is 3.29. The number of nitriles is 1. The van der Waals surface area contributed by atoms with Gasteiger partial charge >= 0.3 is 6.09 Å². The summed E-state index contributed by atoms with van der Waals surface area (Å²) in [5.41, 5.74) is -0.461. The van der Waals surface area contributed by atoms with Crippen molar-refractivity contribution in [1.29, 1.82) is 5.26 Å². The van der Waals surface area contributed by atoms with Gasteiger partial charge < -0.3 is 14.8 Å². The van der Waals surface area contributed by atoms with E-state index < -0.39 is 5.60 Å². The Bertz CT molecular complexity index is 309. The first-order valence-corrected chi connectivity index (χ1v) is 6.39. The third-order valence-corrected chi connectivity index (χ3v) is 2.78. The summed E-state index contributed by atoms with van der Waals surface area (Å²) in [5, 5.41) is 11.3. The molecule has 1 N–H and O–H groups in total. The molecule has 18 heavy (non-hydrogen) atoms. The van der Waals surface area contributed by atoms with Crippen molar-refractivity contribution in [2.45, 2.75) is 64.2 Å². The van der Waals surface area contributed by atoms with Crippen LogP contribution in [0, 0.1) is 11.3 Å². The van der Waals surface area contributed by atoms with Crippen molar-refractivity contribution in [3.63, 3.8) is 0 Å². The summed E-state index contributed by atoms with van der Waals surface area (Å²) in [5.74, 6) is 0. The van der Waals surface area contributed by atoms with Crippen LogP contribution in [0.4, 0.5) is 4.79 Å². The van der Waals surface area contributed by atoms with E-state index in [4.69, 9.17) is 14.7 Å². The maximum absolute atomic E-state index is 11.6. The van der Waals surface area contributed by atoms with Crippen LogP contribution in [0.5, 0.6) is 0 Å². The molecular formula is C13H22N2O3. The normalized spacial score (nSPS) is 24.1. The summed E-state index contributed by atoms with van der Waals surface area (Å²) in [6.45, 7) is 5.69. The highest BCUT2D eigenvalue weighted by atomic mass is 16.6. The number of nitrogens with one attached hydrogen (secondary N) is 1. The number of nitrogens with zero attached hydrogens (tertiary/aromatic N) is 1. The zero-order valence-electron chi connectivity index (χ0n) is 11.4. The Balaban J connectivity index is 2.23. The van der Waals surface area contributed by atoms with Gasteiger partial charge in [0.2, 0.25) is 0 Å². The van der Waals surface area contributed by atoms with Gasteiger partial charge in [0, 0.05) is 6.04 Å². The minimum Gasteiger partial charge on any atom is -0.444 e. The highest BCUT2D eigenvalue weighted by Gasteiger charge is 2.24. The molecule has 1 aliphatic carbocycles. The lowest BCUT2D eigenvalue weighted by atomic mass is 9.93. The van der Waals surface area contributed by atoms with Crippen LogP contribution in [0.2, 0.25) is 0 Å². The average molecular weight is 254 g/mol. The quantitative estimate of drug-likeness (QED) is 0.839. The number of amides is 1. The fourth-order valence-corrected chi connectivity index (χ4v) is 2.00. The average Bonchev–Trinajstić information content (AvgIpc) is 2.25. The summed E-state index contributed by atoms with van der Waals surface area (Å²) in [6, 6.07) is 2.13. The summed E-state index contributed by atoms with van der Waals surface area (Å²) < 4.78 is 10.6. The van der Waals surface area contributed by atoms with Gasteiger partial charge in [0.25, 0.3) is 0 Å². The molecule has 0 atom stereocenters. The molecule has 5 nitrogen and oxygen atoms in total. The molecule has 1 amide bonds. The first-order chi connectivity index (χ1) is 8.40. The van der Waals surface area contributed by atoms with Crippen molar-refractivity contribution in [1.82, 2.24) is 5.32 Å². The lowest BCUT2D eigenvalue weighted by Gasteiger charge is -2.29. The van der Waals surface area contributed by atoms with E-state index in [1.165, 1.54) is 0 Å². The Morgan fingerprint density at radius 1 is 1.33 bits per heavy atom. The zero-order valence-corrected chi connectivity index (χ0v) is 11.4. The number of carbonyl (C=O) groups excluding carboxylic acids is 1. The Morgan fingerprint density at radius 3 is 2.44 bits per heavy atom. The molecule has 0 radical (unpaired) electrons. The van der Waals surface area contributed by atoms with Crippen molar-refractivity contribution in [2.75, 3.05) is 6.61 Å². The van der Waals surface area contributed by atoms with Gasteiger partial charge in [0.15, 0.2) is 0 Å². The Morgan fingerprint density at radius 2 is 1.94 bits per heavy atom. The van der Waals surface area contributed by atoms with Crippen LogP contribution in [-0.2, 0) is 9.47 Å². The van der Waals surface area contributed by atoms with E-state index in [9.17, 15) is 4.79 Å². The molecule has 1 saturated carbocycles. The van der Waals surface area contributed by atoms with Crippen LogP contribution in [-0.4, -0.2) is 30.4 Å². The number of rotatable bonds is 3. The number of ether oxygens (including phenoxy) is 2. The topological polar surface area (TPSA) is 71.3 Å². The van der Waals surface area contributed by atoms with Gasteiger partial charge in [-0.15, -0.1) is 0 Å². The number of carbonyl (C=O) groups is 1. The predicted molar refractivity (Wildman–Crippen MR) is 67.0 cm³/mol. The molecule has 0 aromatic heterocycles. The third kappa shape index (κ3) is 5.87. The van der Waals surface area contributed by atoms with E-state index in [2.05, 4.69) is 5.32 Å². The van der Waals surface area contributed by atoms with E-state index in [1.807, 2.05) is 26.8 Å². The number of hydrogen-bond donors (Lipinski definition) is 1. The summed E-state index contributed by atoms with van der Waals surface area (Å²) in [4.78, 5) is 11.6. The minimum absolute atomic E-state index is 0.148. The lowest BCUT2D eigenvalue weighted by molar-refractivity contribution is 0.0317. The maximum atomic E-state index is 11.6. The molecule has 0 spiro atoms. The molecule has 0 unspecified atom stereocenters. The Kier molecular flexibility index (Phi) is 5.42. The van der Waals surface area contributed by atoms with Crippen molar-refractivity contribution in [2.24, 2.45) is 0 Å². The standard InChI is InChI=1S/C13H22N2O3/c1-13(2,3)18-12(16)15-10-4-6-11(7-5-10)17-9-8-14/h10-11H,4-7,9H2,1-3H3,(H,15,16).